The number of fused-ring (bicyclic) bond motifs is 1. The molecule has 2 aromatic rings. The second kappa shape index (κ2) is 4.74. The molecule has 20 heavy (non-hydrogen) atoms. The molecular formula is C17H14BrFO. The van der Waals surface area contributed by atoms with Crippen LogP contribution in [0.5, 0.6) is 5.75 Å². The molecule has 0 saturated carbocycles. The van der Waals surface area contributed by atoms with Crippen LogP contribution >= 0.6 is 15.9 Å². The van der Waals surface area contributed by atoms with E-state index < -0.39 is 5.60 Å². The molecule has 1 nitrogen and oxygen atoms in total. The van der Waals surface area contributed by atoms with Crippen molar-refractivity contribution in [2.45, 2.75) is 19.4 Å². The Morgan fingerprint density at radius 1 is 1.00 bits per heavy atom. The van der Waals surface area contributed by atoms with Crippen LogP contribution in [0.1, 0.15) is 25.0 Å². The minimum atomic E-state index is -0.446. The molecule has 1 aliphatic heterocycles. The molecule has 2 aromatic carbocycles. The van der Waals surface area contributed by atoms with Gasteiger partial charge in [-0.2, -0.15) is 0 Å². The highest BCUT2D eigenvalue weighted by Crippen LogP contribution is 2.45. The zero-order chi connectivity index (χ0) is 14.3. The van der Waals surface area contributed by atoms with E-state index in [9.17, 15) is 4.39 Å². The van der Waals surface area contributed by atoms with Crippen LogP contribution in [0, 0.1) is 5.82 Å². The standard InChI is InChI=1S/C17H14BrFO/c1-17(2)16(18)15(11-7-9-12(19)10-8-11)13-5-3-4-6-14(13)20-17/h3-10H,1-2H3. The number of para-hydroxylation sites is 1. The molecule has 1 aliphatic rings. The molecule has 1 heterocycles. The average Bonchev–Trinajstić information content (AvgIpc) is 2.41. The van der Waals surface area contributed by atoms with Crippen molar-refractivity contribution in [2.24, 2.45) is 0 Å². The largest absolute Gasteiger partial charge is 0.482 e. The van der Waals surface area contributed by atoms with Crippen LogP contribution < -0.4 is 4.74 Å². The van der Waals surface area contributed by atoms with Gasteiger partial charge in [-0.05, 0) is 37.6 Å². The van der Waals surface area contributed by atoms with Gasteiger partial charge in [-0.15, -0.1) is 0 Å². The molecule has 0 aromatic heterocycles. The van der Waals surface area contributed by atoms with Gasteiger partial charge in [0.15, 0.2) is 0 Å². The van der Waals surface area contributed by atoms with E-state index in [0.29, 0.717) is 0 Å². The number of halogens is 2. The van der Waals surface area contributed by atoms with Gasteiger partial charge in [-0.3, -0.25) is 0 Å². The van der Waals surface area contributed by atoms with Crippen molar-refractivity contribution in [1.82, 2.24) is 0 Å². The lowest BCUT2D eigenvalue weighted by atomic mass is 9.90. The van der Waals surface area contributed by atoms with Gasteiger partial charge in [0.2, 0.25) is 0 Å². The highest BCUT2D eigenvalue weighted by molar-refractivity contribution is 9.12. The van der Waals surface area contributed by atoms with Gasteiger partial charge in [-0.1, -0.05) is 46.3 Å². The monoisotopic (exact) mass is 332 g/mol. The molecule has 0 fully saturated rings. The Labute approximate surface area is 126 Å². The molecule has 3 heteroatoms. The summed E-state index contributed by atoms with van der Waals surface area (Å²) in [5.41, 5.74) is 2.60. The second-order valence-electron chi connectivity index (χ2n) is 5.30. The normalized spacial score (nSPS) is 16.6. The SMILES string of the molecule is CC1(C)Oc2ccccc2C(c2ccc(F)cc2)=C1Br. The minimum absolute atomic E-state index is 0.231. The third kappa shape index (κ3) is 2.16. The summed E-state index contributed by atoms with van der Waals surface area (Å²) in [6.45, 7) is 4.02. The lowest BCUT2D eigenvalue weighted by Crippen LogP contribution is -2.32. The summed E-state index contributed by atoms with van der Waals surface area (Å²) in [4.78, 5) is 0. The van der Waals surface area contributed by atoms with Gasteiger partial charge in [0.05, 0.1) is 0 Å². The third-order valence-corrected chi connectivity index (χ3v) is 4.75. The molecule has 0 aliphatic carbocycles. The van der Waals surface area contributed by atoms with Crippen LogP contribution in [-0.4, -0.2) is 5.60 Å². The van der Waals surface area contributed by atoms with E-state index in [0.717, 1.165) is 26.9 Å². The maximum atomic E-state index is 13.1. The van der Waals surface area contributed by atoms with Gasteiger partial charge < -0.3 is 4.74 Å². The van der Waals surface area contributed by atoms with Gasteiger partial charge in [0, 0.05) is 15.6 Å². The van der Waals surface area contributed by atoms with Crippen molar-refractivity contribution in [2.75, 3.05) is 0 Å². The molecule has 102 valence electrons. The molecule has 3 rings (SSSR count). The summed E-state index contributed by atoms with van der Waals surface area (Å²) in [7, 11) is 0. The first-order valence-corrected chi connectivity index (χ1v) is 7.23. The van der Waals surface area contributed by atoms with Crippen LogP contribution in [0.25, 0.3) is 5.57 Å². The van der Waals surface area contributed by atoms with E-state index >= 15 is 0 Å². The smallest absolute Gasteiger partial charge is 0.135 e. The number of hydrogen-bond acceptors (Lipinski definition) is 1. The maximum Gasteiger partial charge on any atom is 0.135 e. The number of rotatable bonds is 1. The van der Waals surface area contributed by atoms with E-state index in [2.05, 4.69) is 15.9 Å². The molecule has 0 atom stereocenters. The van der Waals surface area contributed by atoms with E-state index in [4.69, 9.17) is 4.74 Å². The molecular weight excluding hydrogens is 319 g/mol. The maximum absolute atomic E-state index is 13.1. The van der Waals surface area contributed by atoms with Gasteiger partial charge in [0.25, 0.3) is 0 Å². The fraction of sp³-hybridized carbons (Fsp3) is 0.176. The Kier molecular flexibility index (Phi) is 3.17. The fourth-order valence-corrected chi connectivity index (χ4v) is 2.92. The molecule has 0 unspecified atom stereocenters. The highest BCUT2D eigenvalue weighted by atomic mass is 79.9. The van der Waals surface area contributed by atoms with Crippen molar-refractivity contribution in [3.8, 4) is 5.75 Å². The summed E-state index contributed by atoms with van der Waals surface area (Å²) in [6.07, 6.45) is 0. The van der Waals surface area contributed by atoms with Gasteiger partial charge in [-0.25, -0.2) is 4.39 Å². The van der Waals surface area contributed by atoms with E-state index in [1.807, 2.05) is 38.1 Å². The molecule has 0 saturated heterocycles. The van der Waals surface area contributed by atoms with Gasteiger partial charge in [0.1, 0.15) is 17.2 Å². The Balaban J connectivity index is 2.26. The lowest BCUT2D eigenvalue weighted by Gasteiger charge is -2.34. The summed E-state index contributed by atoms with van der Waals surface area (Å²) < 4.78 is 20.1. The van der Waals surface area contributed by atoms with Crippen LogP contribution in [-0.2, 0) is 0 Å². The topological polar surface area (TPSA) is 9.23 Å². The van der Waals surface area contributed by atoms with Crippen LogP contribution in [0.2, 0.25) is 0 Å². The zero-order valence-electron chi connectivity index (χ0n) is 11.3. The summed E-state index contributed by atoms with van der Waals surface area (Å²) in [6, 6.07) is 14.5. The van der Waals surface area contributed by atoms with E-state index in [1.165, 1.54) is 12.1 Å². The van der Waals surface area contributed by atoms with E-state index in [-0.39, 0.29) is 5.82 Å². The van der Waals surface area contributed by atoms with Crippen LogP contribution in [0.15, 0.2) is 53.0 Å². The predicted octanol–water partition coefficient (Wildman–Crippen LogP) is 5.15. The first-order chi connectivity index (χ1) is 9.49. The second-order valence-corrected chi connectivity index (χ2v) is 6.10. The lowest BCUT2D eigenvalue weighted by molar-refractivity contribution is 0.155. The first kappa shape index (κ1) is 13.4. The van der Waals surface area contributed by atoms with Crippen molar-refractivity contribution >= 4 is 21.5 Å². The van der Waals surface area contributed by atoms with Crippen molar-refractivity contribution in [1.29, 1.82) is 0 Å². The van der Waals surface area contributed by atoms with Gasteiger partial charge >= 0.3 is 0 Å². The Hall–Kier alpha value is -1.61. The summed E-state index contributed by atoms with van der Waals surface area (Å²) >= 11 is 3.66. The van der Waals surface area contributed by atoms with Crippen LogP contribution in [0.3, 0.4) is 0 Å². The quantitative estimate of drug-likeness (QED) is 0.701. The highest BCUT2D eigenvalue weighted by Gasteiger charge is 2.33. The number of benzene rings is 2. The van der Waals surface area contributed by atoms with Crippen molar-refractivity contribution in [3.05, 3.63) is 70.0 Å². The average molecular weight is 333 g/mol. The third-order valence-electron chi connectivity index (χ3n) is 3.40. The Bertz CT molecular complexity index is 686. The predicted molar refractivity (Wildman–Crippen MR) is 82.5 cm³/mol. The Morgan fingerprint density at radius 2 is 1.65 bits per heavy atom. The minimum Gasteiger partial charge on any atom is -0.482 e. The van der Waals surface area contributed by atoms with E-state index in [1.54, 1.807) is 12.1 Å². The number of ether oxygens (including phenoxy) is 1. The van der Waals surface area contributed by atoms with Crippen LogP contribution in [0.4, 0.5) is 4.39 Å². The zero-order valence-corrected chi connectivity index (χ0v) is 12.9. The fourth-order valence-electron chi connectivity index (χ4n) is 2.40. The molecule has 0 N–H and O–H groups in total. The van der Waals surface area contributed by atoms with Crippen molar-refractivity contribution < 1.29 is 9.13 Å². The summed E-state index contributed by atoms with van der Waals surface area (Å²) in [5, 5.41) is 0. The molecule has 0 bridgehead atoms. The first-order valence-electron chi connectivity index (χ1n) is 6.43. The summed E-state index contributed by atoms with van der Waals surface area (Å²) in [5.74, 6) is 0.616. The molecule has 0 spiro atoms. The number of hydrogen-bond donors (Lipinski definition) is 0. The van der Waals surface area contributed by atoms with Crippen molar-refractivity contribution in [3.63, 3.8) is 0 Å². The molecule has 0 amide bonds. The molecule has 0 radical (unpaired) electrons. The Morgan fingerprint density at radius 3 is 2.35 bits per heavy atom.